The van der Waals surface area contributed by atoms with E-state index in [4.69, 9.17) is 0 Å². The summed E-state index contributed by atoms with van der Waals surface area (Å²) in [6.07, 6.45) is 0. The Labute approximate surface area is 163 Å². The number of nitriles is 4. The van der Waals surface area contributed by atoms with Crippen LogP contribution < -0.4 is 0 Å². The van der Waals surface area contributed by atoms with Crippen molar-refractivity contribution in [3.05, 3.63) is 32.6 Å². The highest BCUT2D eigenvalue weighted by Crippen LogP contribution is 2.34. The Bertz CT molecular complexity index is 1510. The lowest BCUT2D eigenvalue weighted by atomic mass is 10.1. The first-order chi connectivity index (χ1) is 14.6. The van der Waals surface area contributed by atoms with E-state index in [-0.39, 0.29) is 55.9 Å². The molecule has 3 aromatic heterocycles. The molecule has 0 aliphatic rings. The van der Waals surface area contributed by atoms with Crippen LogP contribution in [0.1, 0.15) is 22.8 Å². The monoisotopic (exact) mass is 392 g/mol. The standard InChI is InChI=1S/C16N12O2/c17-1-5-7(3-19)23-11-9(21-5)10-12(24-8(4-20)6(2-18)22-10)14-13(11)25-15(27-29)16(26-14)28-30. The number of hydrogen-bond donors (Lipinski definition) is 0. The minimum absolute atomic E-state index is 0.0838. The summed E-state index contributed by atoms with van der Waals surface area (Å²) in [5.74, 6) is -1.30. The van der Waals surface area contributed by atoms with Gasteiger partial charge in [0, 0.05) is 0 Å². The quantitative estimate of drug-likeness (QED) is 0.351. The van der Waals surface area contributed by atoms with Crippen molar-refractivity contribution in [1.29, 1.82) is 21.0 Å². The maximum Gasteiger partial charge on any atom is 0.246 e. The van der Waals surface area contributed by atoms with E-state index in [9.17, 15) is 30.9 Å². The Kier molecular flexibility index (Phi) is 3.87. The van der Waals surface area contributed by atoms with E-state index in [1.54, 1.807) is 24.3 Å². The summed E-state index contributed by atoms with van der Waals surface area (Å²) in [5, 5.41) is 42.2. The van der Waals surface area contributed by atoms with Crippen LogP contribution in [0, 0.1) is 55.1 Å². The van der Waals surface area contributed by atoms with Gasteiger partial charge in [-0.2, -0.15) is 21.0 Å². The molecule has 4 rings (SSSR count). The van der Waals surface area contributed by atoms with Gasteiger partial charge in [-0.25, -0.2) is 29.9 Å². The zero-order valence-electron chi connectivity index (χ0n) is 14.2. The van der Waals surface area contributed by atoms with Crippen LogP contribution in [0.5, 0.6) is 0 Å². The summed E-state index contributed by atoms with van der Waals surface area (Å²) in [5.41, 5.74) is -2.01. The van der Waals surface area contributed by atoms with Gasteiger partial charge in [-0.15, -0.1) is 9.81 Å². The third-order valence-corrected chi connectivity index (χ3v) is 3.92. The topological polar surface area (TPSA) is 231 Å². The van der Waals surface area contributed by atoms with Crippen LogP contribution in [0.25, 0.3) is 33.1 Å². The fourth-order valence-electron chi connectivity index (χ4n) is 2.71. The third kappa shape index (κ3) is 2.33. The van der Waals surface area contributed by atoms with Crippen LogP contribution in [0.15, 0.2) is 10.4 Å². The van der Waals surface area contributed by atoms with Gasteiger partial charge in [0.2, 0.25) is 11.6 Å². The van der Waals surface area contributed by atoms with Gasteiger partial charge in [-0.3, -0.25) is 0 Å². The lowest BCUT2D eigenvalue weighted by Gasteiger charge is -2.08. The van der Waals surface area contributed by atoms with Gasteiger partial charge >= 0.3 is 0 Å². The Morgan fingerprint density at radius 1 is 0.467 bits per heavy atom. The number of nitrogens with zero attached hydrogens (tertiary/aromatic N) is 12. The van der Waals surface area contributed by atoms with Gasteiger partial charge in [-0.05, 0) is 10.4 Å². The van der Waals surface area contributed by atoms with Gasteiger partial charge in [0.05, 0.1) is 0 Å². The Balaban J connectivity index is 2.41. The molecule has 0 spiro atoms. The second kappa shape index (κ2) is 6.53. The Hall–Kier alpha value is -5.60. The SMILES string of the molecule is N#Cc1nc2c3nc(C#N)c(C#N)nc3c3nc(N=O)c(N=O)nc3c2nc1C#N. The normalized spacial score (nSPS) is 10.1. The van der Waals surface area contributed by atoms with E-state index in [2.05, 4.69) is 40.3 Å². The van der Waals surface area contributed by atoms with Crippen molar-refractivity contribution in [3.8, 4) is 24.3 Å². The van der Waals surface area contributed by atoms with Crippen molar-refractivity contribution in [2.24, 2.45) is 10.4 Å². The van der Waals surface area contributed by atoms with Crippen LogP contribution in [0.3, 0.4) is 0 Å². The molecule has 0 fully saturated rings. The molecule has 0 aliphatic heterocycles. The molecule has 14 heteroatoms. The zero-order valence-corrected chi connectivity index (χ0v) is 14.2. The predicted molar refractivity (Wildman–Crippen MR) is 95.5 cm³/mol. The average Bonchev–Trinajstić information content (AvgIpc) is 2.81. The summed E-state index contributed by atoms with van der Waals surface area (Å²) >= 11 is 0. The second-order valence-corrected chi connectivity index (χ2v) is 5.43. The number of benzene rings is 1. The van der Waals surface area contributed by atoms with Crippen LogP contribution in [-0.4, -0.2) is 29.9 Å². The molecule has 0 bridgehead atoms. The highest BCUT2D eigenvalue weighted by Gasteiger charge is 2.23. The summed E-state index contributed by atoms with van der Waals surface area (Å²) in [6.45, 7) is 0. The van der Waals surface area contributed by atoms with Crippen molar-refractivity contribution >= 4 is 44.7 Å². The Morgan fingerprint density at radius 2 is 0.700 bits per heavy atom. The number of rotatable bonds is 2. The highest BCUT2D eigenvalue weighted by molar-refractivity contribution is 6.18. The van der Waals surface area contributed by atoms with E-state index in [0.29, 0.717) is 0 Å². The first-order valence-electron chi connectivity index (χ1n) is 7.64. The van der Waals surface area contributed by atoms with E-state index in [0.717, 1.165) is 0 Å². The molecule has 0 atom stereocenters. The molecule has 30 heavy (non-hydrogen) atoms. The number of hydrogen-bond acceptors (Lipinski definition) is 14. The second-order valence-electron chi connectivity index (χ2n) is 5.43. The maximum absolute atomic E-state index is 11.0. The van der Waals surface area contributed by atoms with E-state index < -0.39 is 11.6 Å². The van der Waals surface area contributed by atoms with Crippen LogP contribution >= 0.6 is 0 Å². The summed E-state index contributed by atoms with van der Waals surface area (Å²) in [4.78, 5) is 46.2. The Morgan fingerprint density at radius 3 is 0.900 bits per heavy atom. The molecule has 0 aliphatic carbocycles. The first kappa shape index (κ1) is 17.8. The molecule has 0 radical (unpaired) electrons. The third-order valence-electron chi connectivity index (χ3n) is 3.92. The van der Waals surface area contributed by atoms with Gasteiger partial charge in [0.1, 0.15) is 57.4 Å². The maximum atomic E-state index is 11.0. The zero-order chi connectivity index (χ0) is 21.4. The minimum Gasteiger partial charge on any atom is -0.230 e. The van der Waals surface area contributed by atoms with Gasteiger partial charge in [0.25, 0.3) is 0 Å². The molecule has 4 aromatic rings. The van der Waals surface area contributed by atoms with Gasteiger partial charge in [-0.1, -0.05) is 0 Å². The molecule has 136 valence electrons. The average molecular weight is 392 g/mol. The van der Waals surface area contributed by atoms with E-state index >= 15 is 0 Å². The van der Waals surface area contributed by atoms with Crippen molar-refractivity contribution in [2.75, 3.05) is 0 Å². The molecule has 0 unspecified atom stereocenters. The fourth-order valence-corrected chi connectivity index (χ4v) is 2.71. The molecule has 3 heterocycles. The van der Waals surface area contributed by atoms with Crippen molar-refractivity contribution in [3.63, 3.8) is 0 Å². The van der Waals surface area contributed by atoms with Crippen molar-refractivity contribution in [2.45, 2.75) is 0 Å². The molecule has 0 saturated carbocycles. The summed E-state index contributed by atoms with van der Waals surface area (Å²) in [6, 6.07) is 6.87. The van der Waals surface area contributed by atoms with Gasteiger partial charge in [0.15, 0.2) is 22.8 Å². The summed E-state index contributed by atoms with van der Waals surface area (Å²) in [7, 11) is 0. The molecule has 1 aromatic carbocycles. The lowest BCUT2D eigenvalue weighted by Crippen LogP contribution is -2.03. The molecule has 0 N–H and O–H groups in total. The molecule has 14 nitrogen and oxygen atoms in total. The predicted octanol–water partition coefficient (Wildman–Crippen LogP) is 1.80. The molecular weight excluding hydrogens is 392 g/mol. The molecule has 0 saturated heterocycles. The first-order valence-corrected chi connectivity index (χ1v) is 7.64. The van der Waals surface area contributed by atoms with Crippen molar-refractivity contribution < 1.29 is 0 Å². The molecular formula is C16N12O2. The van der Waals surface area contributed by atoms with Crippen LogP contribution in [0.2, 0.25) is 0 Å². The largest absolute Gasteiger partial charge is 0.246 e. The van der Waals surface area contributed by atoms with Crippen molar-refractivity contribution in [1.82, 2.24) is 29.9 Å². The number of fused-ring (bicyclic) bond motifs is 6. The van der Waals surface area contributed by atoms with Crippen LogP contribution in [-0.2, 0) is 0 Å². The lowest BCUT2D eigenvalue weighted by molar-refractivity contribution is 1.16. The van der Waals surface area contributed by atoms with Gasteiger partial charge < -0.3 is 0 Å². The number of aromatic nitrogens is 6. The molecule has 0 amide bonds. The highest BCUT2D eigenvalue weighted by atomic mass is 16.3. The number of nitroso groups, excluding NO2 is 2. The van der Waals surface area contributed by atoms with E-state index in [1.807, 2.05) is 0 Å². The summed E-state index contributed by atoms with van der Waals surface area (Å²) < 4.78 is 0. The van der Waals surface area contributed by atoms with Crippen LogP contribution in [0.4, 0.5) is 11.6 Å². The smallest absolute Gasteiger partial charge is 0.230 e. The minimum atomic E-state index is -0.648. The fraction of sp³-hybridized carbons (Fsp3) is 0. The van der Waals surface area contributed by atoms with E-state index in [1.165, 1.54) is 0 Å².